The van der Waals surface area contributed by atoms with Gasteiger partial charge in [0.2, 0.25) is 5.91 Å². The minimum atomic E-state index is -1.35. The van der Waals surface area contributed by atoms with Gasteiger partial charge < -0.3 is 30.0 Å². The van der Waals surface area contributed by atoms with Gasteiger partial charge in [-0.25, -0.2) is 14.4 Å². The number of aliphatic hydroxyl groups excluding tert-OH is 1. The van der Waals surface area contributed by atoms with E-state index in [0.29, 0.717) is 18.8 Å². The number of nitrogens with one attached hydrogen (secondary N) is 2. The molecule has 2 aliphatic heterocycles. The van der Waals surface area contributed by atoms with E-state index in [1.54, 1.807) is 46.4 Å². The largest absolute Gasteiger partial charge is 0.467 e. The van der Waals surface area contributed by atoms with Crippen LogP contribution in [0.5, 0.6) is 0 Å². The molecule has 2 heterocycles. The molecule has 45 heavy (non-hydrogen) atoms. The Hall–Kier alpha value is -2.65. The van der Waals surface area contributed by atoms with Crippen molar-refractivity contribution in [3.63, 3.8) is 0 Å². The van der Waals surface area contributed by atoms with Crippen LogP contribution in [-0.4, -0.2) is 98.8 Å². The minimum absolute atomic E-state index is 0.260. The van der Waals surface area contributed by atoms with Crippen LogP contribution in [0.4, 0.5) is 4.79 Å². The first-order valence-corrected chi connectivity index (χ1v) is 16.7. The van der Waals surface area contributed by atoms with Crippen molar-refractivity contribution in [3.05, 3.63) is 4.91 Å². The summed E-state index contributed by atoms with van der Waals surface area (Å²) in [5.74, 6) is -2.32. The fraction of sp³-hybridized carbons (Fsp3) is 0.867. The van der Waals surface area contributed by atoms with Crippen LogP contribution in [0.2, 0.25) is 0 Å². The molecule has 256 valence electrons. The SMILES string of the molecule is CC[C@H](C)[C@H](NC(=O)[C@H]1O[N+](=O)S[C@@H]1[C@@H]1OC(C)(C)N(C(=O)OC(C)(C)C)[C@H]1CC1CCCCC1)C(=O)N[C@@H](CO)C(=O)OC. The van der Waals surface area contributed by atoms with E-state index in [-0.39, 0.29) is 10.2 Å². The molecule has 3 amide bonds. The highest BCUT2D eigenvalue weighted by molar-refractivity contribution is 7.94. The van der Waals surface area contributed by atoms with Gasteiger partial charge in [-0.3, -0.25) is 14.5 Å². The monoisotopic (exact) mass is 659 g/mol. The van der Waals surface area contributed by atoms with Crippen LogP contribution in [0, 0.1) is 16.7 Å². The summed E-state index contributed by atoms with van der Waals surface area (Å²) in [6.07, 6.45) is 3.77. The summed E-state index contributed by atoms with van der Waals surface area (Å²) in [6, 6.07) is -2.95. The quantitative estimate of drug-likeness (QED) is 0.220. The van der Waals surface area contributed by atoms with E-state index in [2.05, 4.69) is 15.4 Å². The third kappa shape index (κ3) is 9.22. The summed E-state index contributed by atoms with van der Waals surface area (Å²) in [5, 5.41) is 13.9. The Bertz CT molecular complexity index is 1090. The summed E-state index contributed by atoms with van der Waals surface area (Å²) in [7, 11) is 1.13. The second kappa shape index (κ2) is 15.3. The lowest BCUT2D eigenvalue weighted by Crippen LogP contribution is -2.58. The number of hydrogen-bond donors (Lipinski definition) is 3. The van der Waals surface area contributed by atoms with Crippen molar-refractivity contribution in [3.8, 4) is 0 Å². The van der Waals surface area contributed by atoms with E-state index in [0.717, 1.165) is 51.2 Å². The number of methoxy groups -OCH3 is 1. The maximum atomic E-state index is 13.8. The third-order valence-electron chi connectivity index (χ3n) is 8.67. The van der Waals surface area contributed by atoms with Crippen molar-refractivity contribution in [1.29, 1.82) is 0 Å². The molecule has 3 fully saturated rings. The lowest BCUT2D eigenvalue weighted by Gasteiger charge is -2.37. The molecule has 14 nitrogen and oxygen atoms in total. The van der Waals surface area contributed by atoms with Gasteiger partial charge >= 0.3 is 12.1 Å². The first kappa shape index (κ1) is 36.8. The molecule has 3 rings (SSSR count). The Morgan fingerprint density at radius 1 is 1.13 bits per heavy atom. The van der Waals surface area contributed by atoms with E-state index >= 15 is 0 Å². The highest BCUT2D eigenvalue weighted by Gasteiger charge is 2.63. The van der Waals surface area contributed by atoms with Crippen LogP contribution in [0.25, 0.3) is 0 Å². The van der Waals surface area contributed by atoms with Gasteiger partial charge in [0.15, 0.2) is 11.3 Å². The number of esters is 1. The molecule has 0 bridgehead atoms. The number of carbonyl (C=O) groups excluding carboxylic acids is 4. The molecule has 7 atom stereocenters. The van der Waals surface area contributed by atoms with Crippen LogP contribution >= 0.6 is 11.9 Å². The van der Waals surface area contributed by atoms with Gasteiger partial charge in [-0.15, -0.1) is 0 Å². The van der Waals surface area contributed by atoms with Crippen LogP contribution in [-0.2, 0) is 33.4 Å². The maximum Gasteiger partial charge on any atom is 0.412 e. The molecule has 2 saturated heterocycles. The van der Waals surface area contributed by atoms with Crippen LogP contribution in [0.15, 0.2) is 0 Å². The molecular formula is C30H51N4O10S+. The van der Waals surface area contributed by atoms with Crippen molar-refractivity contribution in [2.24, 2.45) is 11.8 Å². The molecule has 1 aliphatic carbocycles. The summed E-state index contributed by atoms with van der Waals surface area (Å²) in [5.41, 5.74) is -1.87. The number of carbonyl (C=O) groups is 4. The van der Waals surface area contributed by atoms with E-state index in [1.807, 2.05) is 6.92 Å². The summed E-state index contributed by atoms with van der Waals surface area (Å²) < 4.78 is 17.2. The Morgan fingerprint density at radius 2 is 1.78 bits per heavy atom. The number of amides is 3. The smallest absolute Gasteiger partial charge is 0.412 e. The normalized spacial score (nSPS) is 27.2. The Kier molecular flexibility index (Phi) is 12.5. The van der Waals surface area contributed by atoms with Gasteiger partial charge in [-0.1, -0.05) is 52.4 Å². The zero-order chi connectivity index (χ0) is 33.7. The number of ether oxygens (including phenoxy) is 3. The first-order valence-electron chi connectivity index (χ1n) is 15.8. The highest BCUT2D eigenvalue weighted by Crippen LogP contribution is 2.45. The summed E-state index contributed by atoms with van der Waals surface area (Å²) in [4.78, 5) is 72.3. The molecule has 15 heteroatoms. The predicted octanol–water partition coefficient (Wildman–Crippen LogP) is 2.99. The minimum Gasteiger partial charge on any atom is -0.467 e. The molecule has 0 spiro atoms. The molecule has 0 unspecified atom stereocenters. The van der Waals surface area contributed by atoms with Gasteiger partial charge in [-0.05, 0) is 52.9 Å². The van der Waals surface area contributed by atoms with Crippen molar-refractivity contribution >= 4 is 35.8 Å². The molecule has 1 saturated carbocycles. The summed E-state index contributed by atoms with van der Waals surface area (Å²) in [6.45, 7) is 11.8. The average Bonchev–Trinajstić information content (AvgIpc) is 3.48. The Labute approximate surface area is 269 Å². The Balaban J connectivity index is 1.91. The first-order chi connectivity index (χ1) is 21.0. The number of hydrogen-bond acceptors (Lipinski definition) is 11. The molecule has 0 aromatic carbocycles. The number of rotatable bonds is 11. The van der Waals surface area contributed by atoms with E-state index in [4.69, 9.17) is 14.3 Å². The van der Waals surface area contributed by atoms with Gasteiger partial charge in [0.25, 0.3) is 28.3 Å². The van der Waals surface area contributed by atoms with Gasteiger partial charge in [0.05, 0.1) is 24.7 Å². The predicted molar refractivity (Wildman–Crippen MR) is 164 cm³/mol. The lowest BCUT2D eigenvalue weighted by molar-refractivity contribution is -0.677. The fourth-order valence-corrected chi connectivity index (χ4v) is 7.23. The maximum absolute atomic E-state index is 13.8. The molecule has 3 aliphatic rings. The number of aliphatic hydroxyl groups is 1. The second-order valence-corrected chi connectivity index (χ2v) is 14.7. The zero-order valence-corrected chi connectivity index (χ0v) is 28.5. The topological polar surface area (TPSA) is 173 Å². The van der Waals surface area contributed by atoms with Crippen molar-refractivity contribution in [2.45, 2.75) is 140 Å². The van der Waals surface area contributed by atoms with Gasteiger partial charge in [0, 0.05) is 0 Å². The standard InChI is InChI=1S/C30H50N4O10S/c1-9-17(2)21(25(36)31-19(16-35)27(38)41-8)32-26(37)23-24(45-34(40)44-23)22-20(15-18-13-11-10-12-14-18)33(30(6,7)42-22)28(39)43-29(3,4)5/h17-24,35H,9-16H2,1-8H3,(H-,31,32,36,37)/p+1/t17-,19-,20-,21-,22+,23-,24+/m0/s1. The van der Waals surface area contributed by atoms with E-state index in [1.165, 1.54) is 0 Å². The molecule has 0 aromatic heterocycles. The van der Waals surface area contributed by atoms with Crippen molar-refractivity contribution < 1.29 is 47.7 Å². The van der Waals surface area contributed by atoms with E-state index in [9.17, 15) is 29.2 Å². The number of nitrogens with zero attached hydrogens (tertiary/aromatic N) is 2. The van der Waals surface area contributed by atoms with Crippen LogP contribution in [0.1, 0.15) is 93.4 Å². The van der Waals surface area contributed by atoms with Gasteiger partial charge in [0.1, 0.15) is 23.5 Å². The Morgan fingerprint density at radius 3 is 2.33 bits per heavy atom. The fourth-order valence-electron chi connectivity index (χ4n) is 6.25. The second-order valence-electron chi connectivity index (χ2n) is 13.6. The lowest BCUT2D eigenvalue weighted by atomic mass is 9.82. The van der Waals surface area contributed by atoms with Crippen molar-refractivity contribution in [1.82, 2.24) is 15.5 Å². The van der Waals surface area contributed by atoms with Crippen LogP contribution < -0.4 is 10.6 Å². The highest BCUT2D eigenvalue weighted by atomic mass is 32.2. The third-order valence-corrected chi connectivity index (χ3v) is 9.69. The molecule has 0 radical (unpaired) electrons. The van der Waals surface area contributed by atoms with Crippen LogP contribution in [0.3, 0.4) is 0 Å². The van der Waals surface area contributed by atoms with E-state index < -0.39 is 77.4 Å². The molecular weight excluding hydrogens is 608 g/mol. The molecule has 3 N–H and O–H groups in total. The zero-order valence-electron chi connectivity index (χ0n) is 27.7. The molecule has 0 aromatic rings. The van der Waals surface area contributed by atoms with Gasteiger partial charge in [-0.2, -0.15) is 0 Å². The van der Waals surface area contributed by atoms with Crippen molar-refractivity contribution in [2.75, 3.05) is 13.7 Å². The summed E-state index contributed by atoms with van der Waals surface area (Å²) >= 11 is 0.760. The average molecular weight is 660 g/mol.